The zero-order valence-corrected chi connectivity index (χ0v) is 14.0. The quantitative estimate of drug-likeness (QED) is 0.692. The number of rotatable bonds is 5. The molecule has 0 aliphatic heterocycles. The molecule has 3 aromatic rings. The molecule has 0 aliphatic carbocycles. The number of aromatic amines is 1. The number of hydrogen-bond donors (Lipinski definition) is 2. The van der Waals surface area contributed by atoms with E-state index in [4.69, 9.17) is 0 Å². The molecule has 23 heavy (non-hydrogen) atoms. The van der Waals surface area contributed by atoms with Crippen molar-refractivity contribution in [3.05, 3.63) is 53.9 Å². The molecule has 3 rings (SSSR count). The first kappa shape index (κ1) is 15.6. The molecule has 2 aromatic carbocycles. The highest BCUT2D eigenvalue weighted by Gasteiger charge is 2.09. The second-order valence-electron chi connectivity index (χ2n) is 5.33. The topological polar surface area (TPSA) is 57.8 Å². The van der Waals surface area contributed by atoms with Crippen molar-refractivity contribution in [3.63, 3.8) is 0 Å². The molecule has 4 nitrogen and oxygen atoms in total. The van der Waals surface area contributed by atoms with Gasteiger partial charge in [-0.15, -0.1) is 0 Å². The Hall–Kier alpha value is -2.27. The molecule has 0 unspecified atom stereocenters. The van der Waals surface area contributed by atoms with Gasteiger partial charge < -0.3 is 10.3 Å². The highest BCUT2D eigenvalue weighted by atomic mass is 32.2. The van der Waals surface area contributed by atoms with Gasteiger partial charge in [-0.1, -0.05) is 55.1 Å². The van der Waals surface area contributed by atoms with Crippen LogP contribution in [0.15, 0.2) is 47.6 Å². The number of H-pyrrole nitrogens is 1. The van der Waals surface area contributed by atoms with E-state index < -0.39 is 0 Å². The molecule has 1 heterocycles. The molecule has 0 spiro atoms. The Labute approximate surface area is 139 Å². The fraction of sp³-hybridized carbons (Fsp3) is 0.222. The number of nitrogens with zero attached hydrogens (tertiary/aromatic N) is 1. The van der Waals surface area contributed by atoms with Gasteiger partial charge in [-0.2, -0.15) is 0 Å². The summed E-state index contributed by atoms with van der Waals surface area (Å²) in [6.45, 7) is 4.08. The first-order chi connectivity index (χ1) is 11.2. The third kappa shape index (κ3) is 3.56. The van der Waals surface area contributed by atoms with Crippen molar-refractivity contribution >= 4 is 34.1 Å². The lowest BCUT2D eigenvalue weighted by Crippen LogP contribution is -2.14. The predicted octanol–water partition coefficient (Wildman–Crippen LogP) is 4.16. The Bertz CT molecular complexity index is 836. The van der Waals surface area contributed by atoms with Crippen LogP contribution in [-0.2, 0) is 11.2 Å². The molecule has 0 radical (unpaired) electrons. The Morgan fingerprint density at radius 3 is 2.78 bits per heavy atom. The highest BCUT2D eigenvalue weighted by Crippen LogP contribution is 2.23. The van der Waals surface area contributed by atoms with Crippen LogP contribution >= 0.6 is 11.8 Å². The van der Waals surface area contributed by atoms with Gasteiger partial charge in [0.1, 0.15) is 0 Å². The van der Waals surface area contributed by atoms with Gasteiger partial charge in [0, 0.05) is 16.8 Å². The molecular formula is C18H19N3OS. The molecule has 5 heteroatoms. The molecule has 1 aromatic heterocycles. The summed E-state index contributed by atoms with van der Waals surface area (Å²) in [7, 11) is 0. The lowest BCUT2D eigenvalue weighted by atomic mass is 10.1. The van der Waals surface area contributed by atoms with Gasteiger partial charge >= 0.3 is 0 Å². The van der Waals surface area contributed by atoms with E-state index in [0.717, 1.165) is 39.4 Å². The fourth-order valence-electron chi connectivity index (χ4n) is 2.53. The number of nitrogens with one attached hydrogen (secondary N) is 2. The predicted molar refractivity (Wildman–Crippen MR) is 96.0 cm³/mol. The summed E-state index contributed by atoms with van der Waals surface area (Å²) in [6, 6.07) is 13.9. The molecule has 0 fully saturated rings. The van der Waals surface area contributed by atoms with Crippen molar-refractivity contribution in [2.45, 2.75) is 25.4 Å². The molecule has 0 saturated heterocycles. The van der Waals surface area contributed by atoms with E-state index in [-0.39, 0.29) is 5.91 Å². The number of aromatic nitrogens is 2. The van der Waals surface area contributed by atoms with Crippen molar-refractivity contribution in [1.82, 2.24) is 9.97 Å². The summed E-state index contributed by atoms with van der Waals surface area (Å²) in [4.78, 5) is 19.9. The van der Waals surface area contributed by atoms with Crippen LogP contribution in [0.2, 0.25) is 0 Å². The number of imidazole rings is 1. The van der Waals surface area contributed by atoms with Crippen LogP contribution in [0.25, 0.3) is 10.8 Å². The third-order valence-electron chi connectivity index (χ3n) is 3.70. The number of amides is 1. The van der Waals surface area contributed by atoms with Gasteiger partial charge in [-0.25, -0.2) is 4.98 Å². The molecule has 0 aliphatic rings. The van der Waals surface area contributed by atoms with Crippen LogP contribution in [-0.4, -0.2) is 21.6 Å². The van der Waals surface area contributed by atoms with Crippen LogP contribution < -0.4 is 5.32 Å². The first-order valence-electron chi connectivity index (χ1n) is 7.63. The highest BCUT2D eigenvalue weighted by molar-refractivity contribution is 7.99. The lowest BCUT2D eigenvalue weighted by Gasteiger charge is -2.08. The first-order valence-corrected chi connectivity index (χ1v) is 8.62. The third-order valence-corrected chi connectivity index (χ3v) is 4.58. The fourth-order valence-corrected chi connectivity index (χ4v) is 3.27. The molecule has 0 atom stereocenters. The number of benzene rings is 2. The largest absolute Gasteiger partial charge is 0.337 e. The Morgan fingerprint density at radius 1 is 1.22 bits per heavy atom. The number of anilines is 1. The maximum atomic E-state index is 12.2. The minimum absolute atomic E-state index is 0.0292. The second kappa shape index (κ2) is 6.87. The zero-order chi connectivity index (χ0) is 16.2. The maximum Gasteiger partial charge on any atom is 0.234 e. The van der Waals surface area contributed by atoms with E-state index in [1.54, 1.807) is 0 Å². The van der Waals surface area contributed by atoms with Crippen molar-refractivity contribution in [3.8, 4) is 0 Å². The number of hydrogen-bond acceptors (Lipinski definition) is 3. The molecular weight excluding hydrogens is 306 g/mol. The van der Waals surface area contributed by atoms with Crippen molar-refractivity contribution in [2.24, 2.45) is 0 Å². The molecule has 1 amide bonds. The van der Waals surface area contributed by atoms with E-state index in [9.17, 15) is 4.79 Å². The van der Waals surface area contributed by atoms with E-state index in [1.807, 2.05) is 49.4 Å². The van der Waals surface area contributed by atoms with Crippen LogP contribution in [0.5, 0.6) is 0 Å². The number of fused-ring (bicyclic) bond motifs is 1. The standard InChI is InChI=1S/C18H19N3OS/c1-3-15-12(2)19-18(21-15)23-11-17(22)20-16-10-6-8-13-7-4-5-9-14(13)16/h4-10H,3,11H2,1-2H3,(H,19,21)(H,20,22). The van der Waals surface area contributed by atoms with Crippen LogP contribution in [0.1, 0.15) is 18.3 Å². The van der Waals surface area contributed by atoms with Crippen LogP contribution in [0, 0.1) is 6.92 Å². The maximum absolute atomic E-state index is 12.2. The minimum atomic E-state index is -0.0292. The molecule has 118 valence electrons. The molecule has 2 N–H and O–H groups in total. The van der Waals surface area contributed by atoms with Crippen molar-refractivity contribution in [1.29, 1.82) is 0 Å². The van der Waals surface area contributed by atoms with Gasteiger partial charge in [0.15, 0.2) is 5.16 Å². The number of aryl methyl sites for hydroxylation is 2. The Morgan fingerprint density at radius 2 is 2.00 bits per heavy atom. The summed E-state index contributed by atoms with van der Waals surface area (Å²) in [5, 5.41) is 5.96. The van der Waals surface area contributed by atoms with Crippen molar-refractivity contribution < 1.29 is 4.79 Å². The van der Waals surface area contributed by atoms with Gasteiger partial charge in [0.2, 0.25) is 5.91 Å². The summed E-state index contributed by atoms with van der Waals surface area (Å²) in [5.41, 5.74) is 2.98. The number of carbonyl (C=O) groups excluding carboxylic acids is 1. The second-order valence-corrected chi connectivity index (χ2v) is 6.29. The summed E-state index contributed by atoms with van der Waals surface area (Å²) in [6.07, 6.45) is 0.894. The smallest absolute Gasteiger partial charge is 0.234 e. The van der Waals surface area contributed by atoms with Crippen molar-refractivity contribution in [2.75, 3.05) is 11.1 Å². The zero-order valence-electron chi connectivity index (χ0n) is 13.2. The Balaban J connectivity index is 1.66. The van der Waals surface area contributed by atoms with Gasteiger partial charge in [-0.3, -0.25) is 4.79 Å². The SMILES string of the molecule is CCc1nc(SCC(=O)Nc2cccc3ccccc23)[nH]c1C. The Kier molecular flexibility index (Phi) is 4.67. The van der Waals surface area contributed by atoms with E-state index >= 15 is 0 Å². The van der Waals surface area contributed by atoms with E-state index in [0.29, 0.717) is 5.75 Å². The summed E-state index contributed by atoms with van der Waals surface area (Å²) in [5.74, 6) is 0.303. The normalized spacial score (nSPS) is 10.9. The molecule has 0 saturated carbocycles. The average molecular weight is 325 g/mol. The monoisotopic (exact) mass is 325 g/mol. The van der Waals surface area contributed by atoms with Gasteiger partial charge in [-0.05, 0) is 24.8 Å². The van der Waals surface area contributed by atoms with Gasteiger partial charge in [0.05, 0.1) is 11.4 Å². The minimum Gasteiger partial charge on any atom is -0.337 e. The number of carbonyl (C=O) groups is 1. The van der Waals surface area contributed by atoms with Crippen LogP contribution in [0.4, 0.5) is 5.69 Å². The summed E-state index contributed by atoms with van der Waals surface area (Å²) >= 11 is 1.42. The average Bonchev–Trinajstić information content (AvgIpc) is 2.93. The molecule has 0 bridgehead atoms. The lowest BCUT2D eigenvalue weighted by molar-refractivity contribution is -0.113. The van der Waals surface area contributed by atoms with Gasteiger partial charge in [0.25, 0.3) is 0 Å². The van der Waals surface area contributed by atoms with E-state index in [2.05, 4.69) is 22.2 Å². The summed E-state index contributed by atoms with van der Waals surface area (Å²) < 4.78 is 0. The van der Waals surface area contributed by atoms with E-state index in [1.165, 1.54) is 11.8 Å². The number of thioether (sulfide) groups is 1. The van der Waals surface area contributed by atoms with Crippen LogP contribution in [0.3, 0.4) is 0 Å².